The van der Waals surface area contributed by atoms with E-state index in [2.05, 4.69) is 27.4 Å². The lowest BCUT2D eigenvalue weighted by Crippen LogP contribution is -2.40. The minimum Gasteiger partial charge on any atom is -0.355 e. The zero-order chi connectivity index (χ0) is 22.1. The summed E-state index contributed by atoms with van der Waals surface area (Å²) in [6, 6.07) is 13.5. The molecule has 1 saturated heterocycles. The van der Waals surface area contributed by atoms with Crippen molar-refractivity contribution >= 4 is 39.7 Å². The summed E-state index contributed by atoms with van der Waals surface area (Å²) in [4.78, 5) is 15.6. The number of nitriles is 1. The minimum atomic E-state index is -2.93. The number of halogens is 1. The van der Waals surface area contributed by atoms with Crippen molar-refractivity contribution in [2.45, 2.75) is 18.8 Å². The predicted molar refractivity (Wildman–Crippen MR) is 130 cm³/mol. The van der Waals surface area contributed by atoms with Gasteiger partial charge in [0.2, 0.25) is 0 Å². The highest BCUT2D eigenvalue weighted by molar-refractivity contribution is 7.91. The molecule has 170 valence electrons. The van der Waals surface area contributed by atoms with Gasteiger partial charge in [0.1, 0.15) is 17.5 Å². The van der Waals surface area contributed by atoms with Crippen LogP contribution in [0.1, 0.15) is 29.9 Å². The van der Waals surface area contributed by atoms with E-state index in [1.165, 1.54) is 18.4 Å². The van der Waals surface area contributed by atoms with Crippen LogP contribution >= 0.6 is 12.4 Å². The van der Waals surface area contributed by atoms with Crippen LogP contribution in [0, 0.1) is 11.3 Å². The molecule has 10 heteroatoms. The summed E-state index contributed by atoms with van der Waals surface area (Å²) < 4.78 is 23.4. The van der Waals surface area contributed by atoms with Crippen molar-refractivity contribution in [1.29, 1.82) is 5.26 Å². The number of nitrogens with one attached hydrogen (secondary N) is 1. The first-order chi connectivity index (χ1) is 15.5. The summed E-state index contributed by atoms with van der Waals surface area (Å²) in [6.07, 6.45) is 5.72. The smallest absolute Gasteiger partial charge is 0.153 e. The molecule has 2 aliphatic rings. The number of pyridine rings is 3. The molecule has 0 amide bonds. The van der Waals surface area contributed by atoms with Gasteiger partial charge in [0.05, 0.1) is 28.8 Å². The number of nitrogens with zero attached hydrogens (tertiary/aromatic N) is 5. The number of hydrogen-bond acceptors (Lipinski definition) is 8. The van der Waals surface area contributed by atoms with Gasteiger partial charge in [0.15, 0.2) is 9.84 Å². The number of anilines is 3. The van der Waals surface area contributed by atoms with Crippen molar-refractivity contribution in [2.75, 3.05) is 34.8 Å². The van der Waals surface area contributed by atoms with E-state index in [1.54, 1.807) is 24.5 Å². The van der Waals surface area contributed by atoms with Gasteiger partial charge in [-0.25, -0.2) is 23.4 Å². The maximum atomic E-state index is 11.7. The molecule has 0 unspecified atom stereocenters. The van der Waals surface area contributed by atoms with E-state index in [9.17, 15) is 8.42 Å². The highest BCUT2D eigenvalue weighted by Crippen LogP contribution is 2.42. The maximum Gasteiger partial charge on any atom is 0.153 e. The fourth-order valence-electron chi connectivity index (χ4n) is 3.78. The van der Waals surface area contributed by atoms with Gasteiger partial charge in [0, 0.05) is 31.0 Å². The molecule has 0 atom stereocenters. The maximum absolute atomic E-state index is 11.7. The van der Waals surface area contributed by atoms with E-state index in [1.807, 2.05) is 23.1 Å². The Labute approximate surface area is 199 Å². The van der Waals surface area contributed by atoms with Crippen molar-refractivity contribution in [1.82, 2.24) is 15.0 Å². The molecule has 5 rings (SSSR count). The third-order valence-electron chi connectivity index (χ3n) is 5.75. The Balaban J connectivity index is 0.00000259. The van der Waals surface area contributed by atoms with Crippen LogP contribution in [0.2, 0.25) is 0 Å². The quantitative estimate of drug-likeness (QED) is 0.586. The SMILES string of the molecule is Cl.N#Cc1ccnc(Nc2cc(C3CC3)cc(-c3ccc(N4CCS(=O)(=O)CC4)nc3)n2)c1. The van der Waals surface area contributed by atoms with Crippen molar-refractivity contribution in [3.8, 4) is 17.3 Å². The zero-order valence-corrected chi connectivity index (χ0v) is 19.4. The summed E-state index contributed by atoms with van der Waals surface area (Å²) in [5, 5.41) is 12.4. The summed E-state index contributed by atoms with van der Waals surface area (Å²) in [5.74, 6) is 2.90. The van der Waals surface area contributed by atoms with Gasteiger partial charge in [0.25, 0.3) is 0 Å². The molecular weight excluding hydrogens is 460 g/mol. The Kier molecular flexibility index (Phi) is 6.49. The number of rotatable bonds is 5. The Morgan fingerprint density at radius 3 is 2.48 bits per heavy atom. The first kappa shape index (κ1) is 23.0. The van der Waals surface area contributed by atoms with Gasteiger partial charge < -0.3 is 10.2 Å². The molecule has 3 aromatic rings. The van der Waals surface area contributed by atoms with E-state index >= 15 is 0 Å². The van der Waals surface area contributed by atoms with Gasteiger partial charge in [-0.3, -0.25) is 0 Å². The van der Waals surface area contributed by atoms with E-state index in [4.69, 9.17) is 10.2 Å². The minimum absolute atomic E-state index is 0. The molecule has 33 heavy (non-hydrogen) atoms. The second-order valence-corrected chi connectivity index (χ2v) is 10.5. The molecule has 1 saturated carbocycles. The summed E-state index contributed by atoms with van der Waals surface area (Å²) in [6.45, 7) is 0.930. The van der Waals surface area contributed by atoms with Gasteiger partial charge in [-0.2, -0.15) is 5.26 Å². The number of hydrogen-bond donors (Lipinski definition) is 1. The Bertz CT molecular complexity index is 1290. The van der Waals surface area contributed by atoms with Crippen molar-refractivity contribution in [3.05, 3.63) is 59.9 Å². The summed E-state index contributed by atoms with van der Waals surface area (Å²) in [7, 11) is -2.93. The first-order valence-corrected chi connectivity index (χ1v) is 12.4. The third-order valence-corrected chi connectivity index (χ3v) is 7.36. The molecule has 0 aromatic carbocycles. The topological polar surface area (TPSA) is 112 Å². The average molecular weight is 483 g/mol. The lowest BCUT2D eigenvalue weighted by molar-refractivity contribution is 0.586. The van der Waals surface area contributed by atoms with Crippen molar-refractivity contribution in [3.63, 3.8) is 0 Å². The van der Waals surface area contributed by atoms with Gasteiger partial charge in [-0.15, -0.1) is 12.4 Å². The molecular formula is C23H23ClN6O2S. The largest absolute Gasteiger partial charge is 0.355 e. The van der Waals surface area contributed by atoms with E-state index < -0.39 is 9.84 Å². The molecule has 1 aliphatic heterocycles. The monoisotopic (exact) mass is 482 g/mol. The Morgan fingerprint density at radius 2 is 1.82 bits per heavy atom. The second-order valence-electron chi connectivity index (χ2n) is 8.16. The van der Waals surface area contributed by atoms with E-state index in [-0.39, 0.29) is 23.9 Å². The van der Waals surface area contributed by atoms with E-state index in [0.717, 1.165) is 17.1 Å². The molecule has 0 spiro atoms. The Morgan fingerprint density at radius 1 is 1.03 bits per heavy atom. The average Bonchev–Trinajstić information content (AvgIpc) is 3.65. The van der Waals surface area contributed by atoms with Crippen LogP contribution in [0.4, 0.5) is 17.5 Å². The molecule has 1 N–H and O–H groups in total. The standard InChI is InChI=1S/C23H22N6O2S.ClH/c24-14-16-5-6-25-21(11-16)28-22-13-19(17-1-2-17)12-20(27-22)18-3-4-23(26-15-18)29-7-9-32(30,31)10-8-29;/h3-6,11-13,15,17H,1-2,7-10H2,(H,25,27,28);1H. The molecule has 1 aliphatic carbocycles. The molecule has 3 aromatic heterocycles. The first-order valence-electron chi connectivity index (χ1n) is 10.6. The predicted octanol–water partition coefficient (Wildman–Crippen LogP) is 3.69. The van der Waals surface area contributed by atoms with Gasteiger partial charge in [-0.05, 0) is 60.7 Å². The van der Waals surface area contributed by atoms with Crippen LogP contribution in [-0.2, 0) is 9.84 Å². The van der Waals surface area contributed by atoms with Crippen LogP contribution in [0.3, 0.4) is 0 Å². The van der Waals surface area contributed by atoms with Crippen LogP contribution in [-0.4, -0.2) is 48.0 Å². The molecule has 0 radical (unpaired) electrons. The zero-order valence-electron chi connectivity index (χ0n) is 17.8. The number of aromatic nitrogens is 3. The van der Waals surface area contributed by atoms with Crippen LogP contribution in [0.15, 0.2) is 48.8 Å². The second kappa shape index (κ2) is 9.33. The molecule has 2 fully saturated rings. The van der Waals surface area contributed by atoms with Crippen molar-refractivity contribution in [2.24, 2.45) is 0 Å². The summed E-state index contributed by atoms with van der Waals surface area (Å²) in [5.41, 5.74) is 3.46. The van der Waals surface area contributed by atoms with Crippen LogP contribution in [0.5, 0.6) is 0 Å². The molecule has 8 nitrogen and oxygen atoms in total. The van der Waals surface area contributed by atoms with Crippen LogP contribution in [0.25, 0.3) is 11.3 Å². The van der Waals surface area contributed by atoms with Crippen LogP contribution < -0.4 is 10.2 Å². The summed E-state index contributed by atoms with van der Waals surface area (Å²) >= 11 is 0. The fraction of sp³-hybridized carbons (Fsp3) is 0.304. The Hall–Kier alpha value is -3.22. The van der Waals surface area contributed by atoms with Gasteiger partial charge >= 0.3 is 0 Å². The van der Waals surface area contributed by atoms with E-state index in [0.29, 0.717) is 36.2 Å². The lowest BCUT2D eigenvalue weighted by Gasteiger charge is -2.27. The normalized spacial score (nSPS) is 17.0. The highest BCUT2D eigenvalue weighted by Gasteiger charge is 2.25. The number of sulfone groups is 1. The van der Waals surface area contributed by atoms with Crippen molar-refractivity contribution < 1.29 is 8.42 Å². The fourth-order valence-corrected chi connectivity index (χ4v) is 4.98. The third kappa shape index (κ3) is 5.41. The lowest BCUT2D eigenvalue weighted by atomic mass is 10.1. The molecule has 4 heterocycles. The highest BCUT2D eigenvalue weighted by atomic mass is 35.5. The molecule has 0 bridgehead atoms. The van der Waals surface area contributed by atoms with Gasteiger partial charge in [-0.1, -0.05) is 0 Å².